The SMILES string of the molecule is O=C(Nc1cccc2ccccc12)c1ccc(N2CCCC2)c([N+](=O)[O-])c1. The van der Waals surface area contributed by atoms with E-state index in [9.17, 15) is 14.9 Å². The molecule has 27 heavy (non-hydrogen) atoms. The summed E-state index contributed by atoms with van der Waals surface area (Å²) in [6, 6.07) is 18.1. The van der Waals surface area contributed by atoms with E-state index in [4.69, 9.17) is 0 Å². The Kier molecular flexibility index (Phi) is 4.46. The Hall–Kier alpha value is -3.41. The molecule has 0 aliphatic carbocycles. The van der Waals surface area contributed by atoms with Gasteiger partial charge in [-0.2, -0.15) is 0 Å². The number of hydrogen-bond donors (Lipinski definition) is 1. The molecule has 0 radical (unpaired) electrons. The molecule has 3 aromatic rings. The third-order valence-electron chi connectivity index (χ3n) is 4.92. The first-order valence-corrected chi connectivity index (χ1v) is 8.96. The van der Waals surface area contributed by atoms with E-state index in [1.54, 1.807) is 12.1 Å². The van der Waals surface area contributed by atoms with Crippen LogP contribution in [0.5, 0.6) is 0 Å². The van der Waals surface area contributed by atoms with E-state index < -0.39 is 4.92 Å². The molecule has 1 aliphatic rings. The van der Waals surface area contributed by atoms with Crippen LogP contribution in [0.1, 0.15) is 23.2 Å². The summed E-state index contributed by atoms with van der Waals surface area (Å²) in [6.07, 6.45) is 2.06. The Morgan fingerprint density at radius 2 is 1.74 bits per heavy atom. The van der Waals surface area contributed by atoms with Crippen molar-refractivity contribution in [1.29, 1.82) is 0 Å². The van der Waals surface area contributed by atoms with Crippen LogP contribution in [0.4, 0.5) is 17.1 Å². The van der Waals surface area contributed by atoms with Crippen molar-refractivity contribution in [1.82, 2.24) is 0 Å². The highest BCUT2D eigenvalue weighted by atomic mass is 16.6. The summed E-state index contributed by atoms with van der Waals surface area (Å²) in [5, 5.41) is 16.4. The van der Waals surface area contributed by atoms with Crippen LogP contribution >= 0.6 is 0 Å². The van der Waals surface area contributed by atoms with Crippen molar-refractivity contribution in [3.63, 3.8) is 0 Å². The number of nitrogens with zero attached hydrogens (tertiary/aromatic N) is 2. The fourth-order valence-electron chi connectivity index (χ4n) is 3.57. The molecule has 0 unspecified atom stereocenters. The Bertz CT molecular complexity index is 1020. The topological polar surface area (TPSA) is 75.5 Å². The summed E-state index contributed by atoms with van der Waals surface area (Å²) >= 11 is 0. The molecule has 0 aromatic heterocycles. The van der Waals surface area contributed by atoms with Gasteiger partial charge in [-0.05, 0) is 36.4 Å². The molecule has 0 spiro atoms. The molecule has 0 saturated carbocycles. The first-order chi connectivity index (χ1) is 13.1. The second-order valence-corrected chi connectivity index (χ2v) is 6.64. The van der Waals surface area contributed by atoms with Crippen LogP contribution in [0, 0.1) is 10.1 Å². The van der Waals surface area contributed by atoms with Gasteiger partial charge in [-0.3, -0.25) is 14.9 Å². The monoisotopic (exact) mass is 361 g/mol. The molecule has 6 heteroatoms. The third-order valence-corrected chi connectivity index (χ3v) is 4.92. The van der Waals surface area contributed by atoms with Crippen LogP contribution in [0.3, 0.4) is 0 Å². The van der Waals surface area contributed by atoms with E-state index in [0.717, 1.165) is 36.7 Å². The molecule has 1 fully saturated rings. The number of fused-ring (bicyclic) bond motifs is 1. The van der Waals surface area contributed by atoms with Crippen molar-refractivity contribution >= 4 is 33.7 Å². The van der Waals surface area contributed by atoms with Gasteiger partial charge in [0.15, 0.2) is 0 Å². The van der Waals surface area contributed by atoms with Gasteiger partial charge in [-0.25, -0.2) is 0 Å². The highest BCUT2D eigenvalue weighted by molar-refractivity contribution is 6.09. The molecular formula is C21H19N3O3. The largest absolute Gasteiger partial charge is 0.366 e. The summed E-state index contributed by atoms with van der Waals surface area (Å²) in [5.74, 6) is -0.359. The first kappa shape index (κ1) is 17.0. The zero-order chi connectivity index (χ0) is 18.8. The Morgan fingerprint density at radius 3 is 2.52 bits per heavy atom. The Balaban J connectivity index is 1.65. The third kappa shape index (κ3) is 3.33. The molecule has 1 aliphatic heterocycles. The number of carbonyl (C=O) groups is 1. The van der Waals surface area contributed by atoms with Crippen LogP contribution in [-0.2, 0) is 0 Å². The van der Waals surface area contributed by atoms with Crippen molar-refractivity contribution in [3.05, 3.63) is 76.3 Å². The van der Waals surface area contributed by atoms with E-state index in [0.29, 0.717) is 11.4 Å². The lowest BCUT2D eigenvalue weighted by Gasteiger charge is -2.18. The maximum atomic E-state index is 12.7. The molecule has 1 amide bonds. The van der Waals surface area contributed by atoms with Crippen LogP contribution in [0.2, 0.25) is 0 Å². The van der Waals surface area contributed by atoms with Crippen LogP contribution in [0.15, 0.2) is 60.7 Å². The summed E-state index contributed by atoms with van der Waals surface area (Å²) in [5.41, 5.74) is 1.52. The second kappa shape index (κ2) is 7.07. The highest BCUT2D eigenvalue weighted by Crippen LogP contribution is 2.32. The van der Waals surface area contributed by atoms with Crippen molar-refractivity contribution in [3.8, 4) is 0 Å². The van der Waals surface area contributed by atoms with Crippen LogP contribution in [0.25, 0.3) is 10.8 Å². The minimum absolute atomic E-state index is 0.0255. The molecule has 1 N–H and O–H groups in total. The zero-order valence-electron chi connectivity index (χ0n) is 14.7. The van der Waals surface area contributed by atoms with Gasteiger partial charge in [-0.15, -0.1) is 0 Å². The van der Waals surface area contributed by atoms with E-state index in [1.165, 1.54) is 6.07 Å². The van der Waals surface area contributed by atoms with Gasteiger partial charge in [0.1, 0.15) is 5.69 Å². The van der Waals surface area contributed by atoms with E-state index in [2.05, 4.69) is 5.32 Å². The van der Waals surface area contributed by atoms with Gasteiger partial charge in [0.2, 0.25) is 0 Å². The number of hydrogen-bond acceptors (Lipinski definition) is 4. The standard InChI is InChI=1S/C21H19N3O3/c25-21(22-18-9-5-7-15-6-1-2-8-17(15)18)16-10-11-19(20(14-16)24(26)27)23-12-3-4-13-23/h1-2,5-11,14H,3-4,12-13H2,(H,22,25). The lowest BCUT2D eigenvalue weighted by Crippen LogP contribution is -2.19. The van der Waals surface area contributed by atoms with Gasteiger partial charge in [0.25, 0.3) is 11.6 Å². The fraction of sp³-hybridized carbons (Fsp3) is 0.190. The van der Waals surface area contributed by atoms with Crippen molar-refractivity contribution < 1.29 is 9.72 Å². The van der Waals surface area contributed by atoms with Crippen molar-refractivity contribution in [2.75, 3.05) is 23.3 Å². The smallest absolute Gasteiger partial charge is 0.293 e. The van der Waals surface area contributed by atoms with Crippen molar-refractivity contribution in [2.45, 2.75) is 12.8 Å². The number of nitrogens with one attached hydrogen (secondary N) is 1. The molecule has 0 bridgehead atoms. The summed E-state index contributed by atoms with van der Waals surface area (Å²) in [4.78, 5) is 25.8. The maximum absolute atomic E-state index is 12.7. The number of amides is 1. The normalized spacial score (nSPS) is 13.7. The average molecular weight is 361 g/mol. The lowest BCUT2D eigenvalue weighted by atomic mass is 10.1. The minimum Gasteiger partial charge on any atom is -0.366 e. The van der Waals surface area contributed by atoms with E-state index in [1.807, 2.05) is 47.4 Å². The number of benzene rings is 3. The molecule has 1 saturated heterocycles. The van der Waals surface area contributed by atoms with E-state index >= 15 is 0 Å². The number of nitro groups is 1. The Morgan fingerprint density at radius 1 is 1.00 bits per heavy atom. The molecule has 136 valence electrons. The van der Waals surface area contributed by atoms with E-state index in [-0.39, 0.29) is 17.2 Å². The molecule has 6 nitrogen and oxygen atoms in total. The predicted octanol–water partition coefficient (Wildman–Crippen LogP) is 4.60. The second-order valence-electron chi connectivity index (χ2n) is 6.64. The van der Waals surface area contributed by atoms with Crippen LogP contribution < -0.4 is 10.2 Å². The summed E-state index contributed by atoms with van der Waals surface area (Å²) in [7, 11) is 0. The van der Waals surface area contributed by atoms with Gasteiger partial charge in [-0.1, -0.05) is 36.4 Å². The molecule has 0 atom stereocenters. The number of carbonyl (C=O) groups excluding carboxylic acids is 1. The average Bonchev–Trinajstić information content (AvgIpc) is 3.22. The molecule has 3 aromatic carbocycles. The zero-order valence-corrected chi connectivity index (χ0v) is 14.7. The quantitative estimate of drug-likeness (QED) is 0.544. The molecule has 4 rings (SSSR count). The van der Waals surface area contributed by atoms with Gasteiger partial charge < -0.3 is 10.2 Å². The maximum Gasteiger partial charge on any atom is 0.293 e. The molecular weight excluding hydrogens is 342 g/mol. The lowest BCUT2D eigenvalue weighted by molar-refractivity contribution is -0.384. The predicted molar refractivity (Wildman–Crippen MR) is 106 cm³/mol. The number of rotatable bonds is 4. The summed E-state index contributed by atoms with van der Waals surface area (Å²) < 4.78 is 0. The van der Waals surface area contributed by atoms with Gasteiger partial charge in [0, 0.05) is 35.8 Å². The Labute approximate surface area is 156 Å². The first-order valence-electron chi connectivity index (χ1n) is 8.96. The number of anilines is 2. The molecule has 1 heterocycles. The van der Waals surface area contributed by atoms with Crippen molar-refractivity contribution in [2.24, 2.45) is 0 Å². The minimum atomic E-state index is -0.414. The van der Waals surface area contributed by atoms with Gasteiger partial charge in [0.05, 0.1) is 4.92 Å². The number of nitro benzene ring substituents is 1. The highest BCUT2D eigenvalue weighted by Gasteiger charge is 2.24. The van der Waals surface area contributed by atoms with Gasteiger partial charge >= 0.3 is 0 Å². The summed E-state index contributed by atoms with van der Waals surface area (Å²) in [6.45, 7) is 1.62. The van der Waals surface area contributed by atoms with Crippen LogP contribution in [-0.4, -0.2) is 23.9 Å². The fourth-order valence-corrected chi connectivity index (χ4v) is 3.57.